The highest BCUT2D eigenvalue weighted by molar-refractivity contribution is 6.30. The van der Waals surface area contributed by atoms with Crippen LogP contribution in [-0.2, 0) is 0 Å². The third-order valence-electron chi connectivity index (χ3n) is 5.30. The van der Waals surface area contributed by atoms with Crippen molar-refractivity contribution in [1.82, 2.24) is 10.2 Å². The molecular formula is C19H21ClN2O3. The van der Waals surface area contributed by atoms with Crippen molar-refractivity contribution >= 4 is 17.5 Å². The van der Waals surface area contributed by atoms with Crippen molar-refractivity contribution in [2.75, 3.05) is 13.1 Å². The van der Waals surface area contributed by atoms with Gasteiger partial charge in [0, 0.05) is 23.2 Å². The highest BCUT2D eigenvalue weighted by atomic mass is 35.5. The van der Waals surface area contributed by atoms with Gasteiger partial charge in [-0.15, -0.1) is 0 Å². The number of fused-ring (bicyclic) bond motifs is 3. The Morgan fingerprint density at radius 2 is 2.08 bits per heavy atom. The Balaban J connectivity index is 1.42. The van der Waals surface area contributed by atoms with Gasteiger partial charge in [0.25, 0.3) is 11.9 Å². The first-order valence-corrected chi connectivity index (χ1v) is 9.06. The normalized spacial score (nSPS) is 27.9. The SMILES string of the molecule is CC1C(NC(=O)c2ccc(Oc3cccc(Cl)c3)o2)C2CCN1CC2. The second-order valence-corrected chi connectivity index (χ2v) is 7.23. The number of hydrogen-bond donors (Lipinski definition) is 1. The zero-order chi connectivity index (χ0) is 17.4. The van der Waals surface area contributed by atoms with Crippen molar-refractivity contribution in [3.63, 3.8) is 0 Å². The summed E-state index contributed by atoms with van der Waals surface area (Å²) in [6.07, 6.45) is 2.30. The van der Waals surface area contributed by atoms with Crippen LogP contribution >= 0.6 is 11.6 Å². The maximum absolute atomic E-state index is 12.6. The molecule has 1 N–H and O–H groups in total. The van der Waals surface area contributed by atoms with Crippen molar-refractivity contribution in [2.45, 2.75) is 31.8 Å². The summed E-state index contributed by atoms with van der Waals surface area (Å²) in [5.74, 6) is 1.47. The summed E-state index contributed by atoms with van der Waals surface area (Å²) >= 11 is 5.94. The van der Waals surface area contributed by atoms with Gasteiger partial charge >= 0.3 is 0 Å². The molecular weight excluding hydrogens is 340 g/mol. The minimum atomic E-state index is -0.188. The summed E-state index contributed by atoms with van der Waals surface area (Å²) in [7, 11) is 0. The first kappa shape index (κ1) is 16.5. The lowest BCUT2D eigenvalue weighted by molar-refractivity contribution is 0.0210. The predicted molar refractivity (Wildman–Crippen MR) is 95.2 cm³/mol. The molecule has 0 radical (unpaired) electrons. The summed E-state index contributed by atoms with van der Waals surface area (Å²) in [5.41, 5.74) is 0. The van der Waals surface area contributed by atoms with Gasteiger partial charge in [0.1, 0.15) is 5.75 Å². The van der Waals surface area contributed by atoms with E-state index in [1.165, 1.54) is 0 Å². The van der Waals surface area contributed by atoms with E-state index < -0.39 is 0 Å². The van der Waals surface area contributed by atoms with E-state index in [9.17, 15) is 4.79 Å². The summed E-state index contributed by atoms with van der Waals surface area (Å²) in [4.78, 5) is 15.0. The Bertz CT molecular complexity index is 766. The molecule has 3 aliphatic heterocycles. The van der Waals surface area contributed by atoms with E-state index in [-0.39, 0.29) is 23.7 Å². The van der Waals surface area contributed by atoms with Crippen molar-refractivity contribution in [3.8, 4) is 11.7 Å². The number of carbonyl (C=O) groups excluding carboxylic acids is 1. The minimum Gasteiger partial charge on any atom is -0.426 e. The number of rotatable bonds is 4. The van der Waals surface area contributed by atoms with Crippen molar-refractivity contribution in [2.24, 2.45) is 5.92 Å². The molecule has 0 aliphatic carbocycles. The summed E-state index contributed by atoms with van der Waals surface area (Å²) in [6.45, 7) is 4.46. The van der Waals surface area contributed by atoms with E-state index in [0.29, 0.717) is 22.7 Å². The zero-order valence-electron chi connectivity index (χ0n) is 14.1. The summed E-state index contributed by atoms with van der Waals surface area (Å²) in [6, 6.07) is 10.9. The molecule has 3 saturated heterocycles. The maximum Gasteiger partial charge on any atom is 0.290 e. The zero-order valence-corrected chi connectivity index (χ0v) is 14.8. The van der Waals surface area contributed by atoms with Gasteiger partial charge in [-0.1, -0.05) is 17.7 Å². The van der Waals surface area contributed by atoms with Crippen LogP contribution in [0.5, 0.6) is 11.7 Å². The molecule has 3 aliphatic rings. The number of benzene rings is 1. The fourth-order valence-corrected chi connectivity index (χ4v) is 4.09. The van der Waals surface area contributed by atoms with Gasteiger partial charge in [0.15, 0.2) is 5.76 Å². The van der Waals surface area contributed by atoms with Crippen molar-refractivity contribution < 1.29 is 13.9 Å². The molecule has 1 aromatic heterocycles. The number of piperidine rings is 3. The lowest BCUT2D eigenvalue weighted by atomic mass is 9.79. The molecule has 6 heteroatoms. The molecule has 2 atom stereocenters. The molecule has 1 amide bonds. The van der Waals surface area contributed by atoms with E-state index in [4.69, 9.17) is 20.8 Å². The number of nitrogens with one attached hydrogen (secondary N) is 1. The largest absolute Gasteiger partial charge is 0.426 e. The van der Waals surface area contributed by atoms with Gasteiger partial charge in [-0.2, -0.15) is 0 Å². The van der Waals surface area contributed by atoms with Crippen LogP contribution in [-0.4, -0.2) is 36.0 Å². The Labute approximate surface area is 151 Å². The number of halogens is 1. The molecule has 0 spiro atoms. The molecule has 0 saturated carbocycles. The number of carbonyl (C=O) groups is 1. The number of amides is 1. The van der Waals surface area contributed by atoms with Crippen LogP contribution in [0.4, 0.5) is 0 Å². The molecule has 4 heterocycles. The van der Waals surface area contributed by atoms with Crippen LogP contribution in [0.3, 0.4) is 0 Å². The Morgan fingerprint density at radius 3 is 2.80 bits per heavy atom. The number of furan rings is 1. The second kappa shape index (κ2) is 6.73. The fourth-order valence-electron chi connectivity index (χ4n) is 3.91. The van der Waals surface area contributed by atoms with E-state index in [2.05, 4.69) is 17.1 Å². The highest BCUT2D eigenvalue weighted by Gasteiger charge is 2.40. The quantitative estimate of drug-likeness (QED) is 0.897. The van der Waals surface area contributed by atoms with Gasteiger partial charge in [0.2, 0.25) is 0 Å². The van der Waals surface area contributed by atoms with Gasteiger partial charge < -0.3 is 14.5 Å². The molecule has 25 heavy (non-hydrogen) atoms. The third kappa shape index (κ3) is 3.39. The second-order valence-electron chi connectivity index (χ2n) is 6.79. The third-order valence-corrected chi connectivity index (χ3v) is 5.53. The van der Waals surface area contributed by atoms with Crippen molar-refractivity contribution in [3.05, 3.63) is 47.2 Å². The molecule has 3 fully saturated rings. The number of hydrogen-bond acceptors (Lipinski definition) is 4. The van der Waals surface area contributed by atoms with E-state index in [1.807, 2.05) is 0 Å². The van der Waals surface area contributed by atoms with Crippen LogP contribution in [0.2, 0.25) is 5.02 Å². The molecule has 2 unspecified atom stereocenters. The molecule has 5 rings (SSSR count). The van der Waals surface area contributed by atoms with Gasteiger partial charge in [0.05, 0.1) is 0 Å². The molecule has 132 valence electrons. The first-order valence-electron chi connectivity index (χ1n) is 8.68. The first-order chi connectivity index (χ1) is 12.1. The Hall–Kier alpha value is -1.98. The van der Waals surface area contributed by atoms with E-state index >= 15 is 0 Å². The Morgan fingerprint density at radius 1 is 1.28 bits per heavy atom. The monoisotopic (exact) mass is 360 g/mol. The van der Waals surface area contributed by atoms with E-state index in [0.717, 1.165) is 25.9 Å². The molecule has 5 nitrogen and oxygen atoms in total. The lowest BCUT2D eigenvalue weighted by Crippen LogP contribution is -2.62. The predicted octanol–water partition coefficient (Wildman–Crippen LogP) is 3.94. The number of ether oxygens (including phenoxy) is 1. The summed E-state index contributed by atoms with van der Waals surface area (Å²) < 4.78 is 11.2. The average molecular weight is 361 g/mol. The lowest BCUT2D eigenvalue weighted by Gasteiger charge is -2.49. The topological polar surface area (TPSA) is 54.7 Å². The van der Waals surface area contributed by atoms with Crippen LogP contribution < -0.4 is 10.1 Å². The Kier molecular flexibility index (Phi) is 4.44. The van der Waals surface area contributed by atoms with Crippen LogP contribution in [0.15, 0.2) is 40.8 Å². The van der Waals surface area contributed by atoms with Gasteiger partial charge in [-0.05, 0) is 63.0 Å². The molecule has 2 bridgehead atoms. The number of nitrogens with zero attached hydrogens (tertiary/aromatic N) is 1. The molecule has 2 aromatic rings. The highest BCUT2D eigenvalue weighted by Crippen LogP contribution is 2.32. The maximum atomic E-state index is 12.6. The van der Waals surface area contributed by atoms with Crippen molar-refractivity contribution in [1.29, 1.82) is 0 Å². The summed E-state index contributed by atoms with van der Waals surface area (Å²) in [5, 5.41) is 3.73. The van der Waals surface area contributed by atoms with Gasteiger partial charge in [-0.25, -0.2) is 0 Å². The smallest absolute Gasteiger partial charge is 0.290 e. The minimum absolute atomic E-state index is 0.178. The fraction of sp³-hybridized carbons (Fsp3) is 0.421. The molecule has 1 aromatic carbocycles. The van der Waals surface area contributed by atoms with Gasteiger partial charge in [-0.3, -0.25) is 9.69 Å². The standard InChI is InChI=1S/C19H21ClN2O3/c1-12-18(13-7-9-22(12)10-8-13)21-19(23)16-5-6-17(25-16)24-15-4-2-3-14(20)11-15/h2-6,11-13,18H,7-10H2,1H3,(H,21,23). The van der Waals surface area contributed by atoms with Crippen LogP contribution in [0, 0.1) is 5.92 Å². The van der Waals surface area contributed by atoms with Crippen LogP contribution in [0.1, 0.15) is 30.3 Å². The van der Waals surface area contributed by atoms with E-state index in [1.54, 1.807) is 36.4 Å². The average Bonchev–Trinajstić information content (AvgIpc) is 3.07. The van der Waals surface area contributed by atoms with Crippen LogP contribution in [0.25, 0.3) is 0 Å².